The second kappa shape index (κ2) is 6.24. The molecule has 26 heavy (non-hydrogen) atoms. The molecule has 3 aromatic rings. The maximum atomic E-state index is 12.7. The molecule has 0 atom stereocenters. The number of thiophene rings is 1. The Morgan fingerprint density at radius 3 is 2.46 bits per heavy atom. The molecule has 0 spiro atoms. The Bertz CT molecular complexity index is 1040. The van der Waals surface area contributed by atoms with Gasteiger partial charge in [0.25, 0.3) is 17.7 Å². The van der Waals surface area contributed by atoms with Gasteiger partial charge in [-0.25, -0.2) is 0 Å². The van der Waals surface area contributed by atoms with E-state index >= 15 is 0 Å². The van der Waals surface area contributed by atoms with Crippen LogP contribution in [0.25, 0.3) is 10.4 Å². The molecule has 0 fully saturated rings. The van der Waals surface area contributed by atoms with Crippen molar-refractivity contribution in [2.75, 3.05) is 12.4 Å². The minimum absolute atomic E-state index is 0.261. The Kier molecular flexibility index (Phi) is 3.89. The van der Waals surface area contributed by atoms with Crippen molar-refractivity contribution in [1.29, 1.82) is 0 Å². The van der Waals surface area contributed by atoms with Crippen LogP contribution in [-0.2, 0) is 0 Å². The molecule has 1 N–H and O–H groups in total. The van der Waals surface area contributed by atoms with Crippen LogP contribution in [0.3, 0.4) is 0 Å². The Balaban J connectivity index is 1.65. The highest BCUT2D eigenvalue weighted by Gasteiger charge is 2.33. The highest BCUT2D eigenvalue weighted by molar-refractivity contribution is 7.13. The van der Waals surface area contributed by atoms with Crippen molar-refractivity contribution in [2.24, 2.45) is 0 Å². The predicted molar refractivity (Wildman–Crippen MR) is 101 cm³/mol. The lowest BCUT2D eigenvalue weighted by Gasteiger charge is -2.10. The Morgan fingerprint density at radius 2 is 1.69 bits per heavy atom. The number of carbonyl (C=O) groups is 3. The van der Waals surface area contributed by atoms with Crippen molar-refractivity contribution in [1.82, 2.24) is 4.90 Å². The molecule has 0 bridgehead atoms. The fourth-order valence-electron chi connectivity index (χ4n) is 2.94. The molecule has 1 aliphatic heterocycles. The number of hydrogen-bond acceptors (Lipinski definition) is 4. The SMILES string of the molecule is CN1C(=O)c2ccc(C(=O)Nc3ccccc3-c3cccs3)cc2C1=O. The number of amides is 3. The van der Waals surface area contributed by atoms with Gasteiger partial charge >= 0.3 is 0 Å². The number of rotatable bonds is 3. The third-order valence-electron chi connectivity index (χ3n) is 4.31. The van der Waals surface area contributed by atoms with Gasteiger partial charge in [-0.2, -0.15) is 0 Å². The number of para-hydroxylation sites is 1. The van der Waals surface area contributed by atoms with E-state index in [1.54, 1.807) is 17.4 Å². The van der Waals surface area contributed by atoms with Crippen LogP contribution in [0, 0.1) is 0 Å². The van der Waals surface area contributed by atoms with Gasteiger partial charge in [0.2, 0.25) is 0 Å². The highest BCUT2D eigenvalue weighted by Crippen LogP contribution is 2.32. The lowest BCUT2D eigenvalue weighted by Crippen LogP contribution is -2.24. The van der Waals surface area contributed by atoms with Crippen LogP contribution in [0.15, 0.2) is 60.0 Å². The fraction of sp³-hybridized carbons (Fsp3) is 0.0500. The van der Waals surface area contributed by atoms with E-state index < -0.39 is 5.91 Å². The molecule has 1 aromatic heterocycles. The van der Waals surface area contributed by atoms with Crippen LogP contribution in [0.4, 0.5) is 5.69 Å². The molecule has 4 rings (SSSR count). The summed E-state index contributed by atoms with van der Waals surface area (Å²) in [5, 5.41) is 4.88. The van der Waals surface area contributed by atoms with Crippen molar-refractivity contribution in [3.05, 3.63) is 76.7 Å². The standard InChI is InChI=1S/C20H14N2O3S/c1-22-19(24)13-9-8-12(11-15(13)20(22)25)18(23)21-16-6-3-2-5-14(16)17-7-4-10-26-17/h2-11H,1H3,(H,21,23). The molecule has 0 unspecified atom stereocenters. The van der Waals surface area contributed by atoms with E-state index in [0.717, 1.165) is 15.3 Å². The van der Waals surface area contributed by atoms with Gasteiger partial charge in [-0.05, 0) is 35.7 Å². The van der Waals surface area contributed by atoms with Gasteiger partial charge in [0, 0.05) is 28.7 Å². The summed E-state index contributed by atoms with van der Waals surface area (Å²) in [5.74, 6) is -1.06. The third kappa shape index (κ3) is 2.60. The highest BCUT2D eigenvalue weighted by atomic mass is 32.1. The van der Waals surface area contributed by atoms with E-state index in [9.17, 15) is 14.4 Å². The molecule has 0 radical (unpaired) electrons. The molecule has 1 aliphatic rings. The van der Waals surface area contributed by atoms with Gasteiger partial charge in [-0.15, -0.1) is 11.3 Å². The topological polar surface area (TPSA) is 66.5 Å². The summed E-state index contributed by atoms with van der Waals surface area (Å²) in [6.45, 7) is 0. The van der Waals surface area contributed by atoms with Gasteiger partial charge in [-0.3, -0.25) is 19.3 Å². The summed E-state index contributed by atoms with van der Waals surface area (Å²) in [5.41, 5.74) is 2.55. The molecule has 0 aliphatic carbocycles. The second-order valence-electron chi connectivity index (χ2n) is 5.91. The van der Waals surface area contributed by atoms with E-state index in [-0.39, 0.29) is 17.4 Å². The monoisotopic (exact) mass is 362 g/mol. The molecular weight excluding hydrogens is 348 g/mol. The van der Waals surface area contributed by atoms with Gasteiger partial charge in [0.1, 0.15) is 0 Å². The van der Waals surface area contributed by atoms with Crippen LogP contribution in [-0.4, -0.2) is 29.7 Å². The molecule has 3 amide bonds. The zero-order chi connectivity index (χ0) is 18.3. The number of fused-ring (bicyclic) bond motifs is 1. The van der Waals surface area contributed by atoms with E-state index in [2.05, 4.69) is 5.32 Å². The number of nitrogens with zero attached hydrogens (tertiary/aromatic N) is 1. The van der Waals surface area contributed by atoms with Crippen molar-refractivity contribution >= 4 is 34.7 Å². The van der Waals surface area contributed by atoms with E-state index in [4.69, 9.17) is 0 Å². The molecule has 2 heterocycles. The Labute approximate surface area is 153 Å². The first-order valence-electron chi connectivity index (χ1n) is 7.97. The summed E-state index contributed by atoms with van der Waals surface area (Å²) in [6.07, 6.45) is 0. The number of nitrogens with one attached hydrogen (secondary N) is 1. The molecule has 0 saturated heterocycles. The van der Waals surface area contributed by atoms with Crippen LogP contribution in [0.5, 0.6) is 0 Å². The zero-order valence-corrected chi connectivity index (χ0v) is 14.7. The molecule has 5 nitrogen and oxygen atoms in total. The number of anilines is 1. The predicted octanol–water partition coefficient (Wildman–Crippen LogP) is 3.89. The molecule has 0 saturated carbocycles. The van der Waals surface area contributed by atoms with Crippen LogP contribution < -0.4 is 5.32 Å². The Morgan fingerprint density at radius 1 is 0.923 bits per heavy atom. The first kappa shape index (κ1) is 16.2. The lowest BCUT2D eigenvalue weighted by atomic mass is 10.0. The van der Waals surface area contributed by atoms with Gasteiger partial charge in [0.15, 0.2) is 0 Å². The number of imide groups is 1. The molecule has 6 heteroatoms. The number of carbonyl (C=O) groups excluding carboxylic acids is 3. The average Bonchev–Trinajstić information content (AvgIpc) is 3.26. The average molecular weight is 362 g/mol. The molecule has 128 valence electrons. The minimum atomic E-state index is -0.390. The quantitative estimate of drug-likeness (QED) is 0.719. The first-order chi connectivity index (χ1) is 12.6. The minimum Gasteiger partial charge on any atom is -0.321 e. The zero-order valence-electron chi connectivity index (χ0n) is 13.9. The number of benzene rings is 2. The summed E-state index contributed by atoms with van der Waals surface area (Å²) in [6, 6.07) is 16.1. The van der Waals surface area contributed by atoms with Crippen molar-refractivity contribution in [3.8, 4) is 10.4 Å². The molecular formula is C20H14N2O3S. The molecule has 2 aromatic carbocycles. The number of hydrogen-bond donors (Lipinski definition) is 1. The summed E-state index contributed by atoms with van der Waals surface area (Å²) in [4.78, 5) is 38.9. The summed E-state index contributed by atoms with van der Waals surface area (Å²) in [7, 11) is 1.43. The van der Waals surface area contributed by atoms with Crippen LogP contribution >= 0.6 is 11.3 Å². The second-order valence-corrected chi connectivity index (χ2v) is 6.85. The third-order valence-corrected chi connectivity index (χ3v) is 5.22. The first-order valence-corrected chi connectivity index (χ1v) is 8.85. The van der Waals surface area contributed by atoms with E-state index in [0.29, 0.717) is 16.8 Å². The largest absolute Gasteiger partial charge is 0.321 e. The Hall–Kier alpha value is -3.25. The maximum Gasteiger partial charge on any atom is 0.261 e. The van der Waals surface area contributed by atoms with Gasteiger partial charge in [-0.1, -0.05) is 24.3 Å². The van der Waals surface area contributed by atoms with Gasteiger partial charge in [0.05, 0.1) is 11.1 Å². The van der Waals surface area contributed by atoms with Crippen LogP contribution in [0.2, 0.25) is 0 Å². The van der Waals surface area contributed by atoms with Crippen molar-refractivity contribution < 1.29 is 14.4 Å². The maximum absolute atomic E-state index is 12.7. The lowest BCUT2D eigenvalue weighted by molar-refractivity contribution is 0.0693. The van der Waals surface area contributed by atoms with Crippen molar-refractivity contribution in [2.45, 2.75) is 0 Å². The van der Waals surface area contributed by atoms with Crippen molar-refractivity contribution in [3.63, 3.8) is 0 Å². The van der Waals surface area contributed by atoms with Crippen LogP contribution in [0.1, 0.15) is 31.1 Å². The smallest absolute Gasteiger partial charge is 0.261 e. The van der Waals surface area contributed by atoms with Gasteiger partial charge < -0.3 is 5.32 Å². The van der Waals surface area contributed by atoms with E-state index in [1.807, 2.05) is 41.8 Å². The normalized spacial score (nSPS) is 13.0. The summed E-state index contributed by atoms with van der Waals surface area (Å²) < 4.78 is 0. The van der Waals surface area contributed by atoms with E-state index in [1.165, 1.54) is 19.2 Å². The summed E-state index contributed by atoms with van der Waals surface area (Å²) >= 11 is 1.59. The fourth-order valence-corrected chi connectivity index (χ4v) is 3.70.